The van der Waals surface area contributed by atoms with E-state index >= 15 is 0 Å². The second kappa shape index (κ2) is 5.87. The Hall–Kier alpha value is -2.63. The van der Waals surface area contributed by atoms with E-state index in [0.717, 1.165) is 11.8 Å². The van der Waals surface area contributed by atoms with Crippen molar-refractivity contribution in [3.05, 3.63) is 47.2 Å². The molecule has 2 heterocycles. The molecule has 1 aromatic heterocycles. The number of rotatable bonds is 2. The number of amides is 1. The normalized spacial score (nSPS) is 14.0. The summed E-state index contributed by atoms with van der Waals surface area (Å²) < 4.78 is 24.5. The Morgan fingerprint density at radius 3 is 2.74 bits per heavy atom. The van der Waals surface area contributed by atoms with Crippen molar-refractivity contribution in [3.8, 4) is 11.8 Å². The van der Waals surface area contributed by atoms with Crippen LogP contribution in [0.15, 0.2) is 30.3 Å². The van der Waals surface area contributed by atoms with Crippen molar-refractivity contribution in [2.75, 3.05) is 11.6 Å². The summed E-state index contributed by atoms with van der Waals surface area (Å²) in [6, 6.07) is 9.14. The molecule has 118 valence electrons. The Kier molecular flexibility index (Phi) is 3.90. The minimum Gasteiger partial charge on any atom is -0.298 e. The first-order valence-corrected chi connectivity index (χ1v) is 8.67. The number of nitrogens with zero attached hydrogens (tertiary/aromatic N) is 2. The number of hydrogen-bond donors (Lipinski definition) is 2. The van der Waals surface area contributed by atoms with E-state index in [9.17, 15) is 13.2 Å². The fourth-order valence-electron chi connectivity index (χ4n) is 2.24. The summed E-state index contributed by atoms with van der Waals surface area (Å²) in [5, 5.41) is 9.34. The molecule has 0 atom stereocenters. The molecule has 0 saturated heterocycles. The van der Waals surface area contributed by atoms with Gasteiger partial charge in [-0.05, 0) is 12.1 Å². The molecule has 8 heteroatoms. The van der Waals surface area contributed by atoms with Gasteiger partial charge in [0, 0.05) is 23.6 Å². The zero-order chi connectivity index (χ0) is 16.4. The lowest BCUT2D eigenvalue weighted by atomic mass is 10.2. The number of benzene rings is 1. The van der Waals surface area contributed by atoms with Gasteiger partial charge in [0.1, 0.15) is 0 Å². The van der Waals surface area contributed by atoms with Crippen LogP contribution in [0.3, 0.4) is 0 Å². The molecule has 0 radical (unpaired) electrons. The van der Waals surface area contributed by atoms with Gasteiger partial charge in [0.25, 0.3) is 0 Å². The average Bonchev–Trinajstić information content (AvgIpc) is 3.08. The van der Waals surface area contributed by atoms with Crippen molar-refractivity contribution < 1.29 is 13.2 Å². The second-order valence-electron chi connectivity index (χ2n) is 5.13. The Morgan fingerprint density at radius 2 is 2.04 bits per heavy atom. The maximum Gasteiger partial charge on any atom is 0.301 e. The van der Waals surface area contributed by atoms with Gasteiger partial charge in [0.15, 0.2) is 5.82 Å². The summed E-state index contributed by atoms with van der Waals surface area (Å²) in [6.07, 6.45) is 1.15. The molecular formula is C15H14N4O3S. The van der Waals surface area contributed by atoms with Crippen LogP contribution in [-0.4, -0.2) is 35.1 Å². The van der Waals surface area contributed by atoms with Crippen LogP contribution < -0.4 is 5.32 Å². The van der Waals surface area contributed by atoms with Gasteiger partial charge in [-0.15, -0.1) is 0 Å². The molecule has 2 aromatic rings. The second-order valence-corrected chi connectivity index (χ2v) is 7.11. The summed E-state index contributed by atoms with van der Waals surface area (Å²) in [6.45, 7) is 0.416. The predicted octanol–water partition coefficient (Wildman–Crippen LogP) is 0.675. The zero-order valence-electron chi connectivity index (χ0n) is 12.3. The smallest absolute Gasteiger partial charge is 0.298 e. The third-order valence-corrected chi connectivity index (χ3v) is 4.61. The fourth-order valence-corrected chi connectivity index (χ4v) is 2.97. The molecule has 1 aliphatic rings. The van der Waals surface area contributed by atoms with E-state index in [1.54, 1.807) is 12.1 Å². The molecule has 23 heavy (non-hydrogen) atoms. The molecule has 1 amide bonds. The van der Waals surface area contributed by atoms with Crippen LogP contribution >= 0.6 is 0 Å². The molecular weight excluding hydrogens is 316 g/mol. The summed E-state index contributed by atoms with van der Waals surface area (Å²) in [4.78, 5) is 11.9. The first-order chi connectivity index (χ1) is 10.9. The highest BCUT2D eigenvalue weighted by atomic mass is 32.2. The van der Waals surface area contributed by atoms with Crippen LogP contribution in [0.25, 0.3) is 0 Å². The number of hydrogen-bond acceptors (Lipinski definition) is 4. The quantitative estimate of drug-likeness (QED) is 0.792. The van der Waals surface area contributed by atoms with Crippen molar-refractivity contribution >= 4 is 21.7 Å². The zero-order valence-corrected chi connectivity index (χ0v) is 13.1. The van der Waals surface area contributed by atoms with Gasteiger partial charge in [-0.2, -0.15) is 9.40 Å². The Bertz CT molecular complexity index is 907. The van der Waals surface area contributed by atoms with Crippen LogP contribution in [0.4, 0.5) is 5.82 Å². The van der Waals surface area contributed by atoms with E-state index < -0.39 is 15.9 Å². The standard InChI is InChI=1S/C15H14N4O3S/c1-23(21,22)19-9-12-13(10-19)17-18-15(12)16-14(20)8-7-11-5-3-2-4-6-11/h2-6H,9-10H2,1H3,(H2,16,17,18,20). The molecule has 1 aromatic carbocycles. The molecule has 7 nitrogen and oxygen atoms in total. The summed E-state index contributed by atoms with van der Waals surface area (Å²) in [7, 11) is -3.29. The number of aromatic nitrogens is 2. The van der Waals surface area contributed by atoms with Crippen molar-refractivity contribution in [1.82, 2.24) is 14.5 Å². The van der Waals surface area contributed by atoms with E-state index in [4.69, 9.17) is 0 Å². The maximum atomic E-state index is 11.9. The minimum absolute atomic E-state index is 0.187. The van der Waals surface area contributed by atoms with Crippen LogP contribution in [0, 0.1) is 11.8 Å². The van der Waals surface area contributed by atoms with Crippen LogP contribution in [0.1, 0.15) is 16.8 Å². The Morgan fingerprint density at radius 1 is 1.30 bits per heavy atom. The highest BCUT2D eigenvalue weighted by Gasteiger charge is 2.30. The van der Waals surface area contributed by atoms with Crippen LogP contribution in [0.5, 0.6) is 0 Å². The molecule has 0 fully saturated rings. The summed E-state index contributed by atoms with van der Waals surface area (Å²) in [5.74, 6) is 5.05. The molecule has 2 N–H and O–H groups in total. The molecule has 0 spiro atoms. The third kappa shape index (κ3) is 3.41. The topological polar surface area (TPSA) is 95.2 Å². The highest BCUT2D eigenvalue weighted by molar-refractivity contribution is 7.88. The van der Waals surface area contributed by atoms with Crippen molar-refractivity contribution in [3.63, 3.8) is 0 Å². The minimum atomic E-state index is -3.29. The van der Waals surface area contributed by atoms with Gasteiger partial charge in [-0.1, -0.05) is 24.1 Å². The van der Waals surface area contributed by atoms with Gasteiger partial charge in [-0.3, -0.25) is 15.2 Å². The lowest BCUT2D eigenvalue weighted by Crippen LogP contribution is -2.24. The van der Waals surface area contributed by atoms with Gasteiger partial charge in [0.05, 0.1) is 18.5 Å². The summed E-state index contributed by atoms with van der Waals surface area (Å²) >= 11 is 0. The number of anilines is 1. The first kappa shape index (κ1) is 15.3. The number of sulfonamides is 1. The van der Waals surface area contributed by atoms with Crippen molar-refractivity contribution in [2.24, 2.45) is 0 Å². The fraction of sp³-hybridized carbons (Fsp3) is 0.200. The summed E-state index contributed by atoms with van der Waals surface area (Å²) in [5.41, 5.74) is 2.09. The first-order valence-electron chi connectivity index (χ1n) is 6.83. The lowest BCUT2D eigenvalue weighted by Gasteiger charge is -2.11. The average molecular weight is 330 g/mol. The molecule has 0 saturated carbocycles. The lowest BCUT2D eigenvalue weighted by molar-refractivity contribution is -0.111. The van der Waals surface area contributed by atoms with Crippen LogP contribution in [0.2, 0.25) is 0 Å². The molecule has 3 rings (SSSR count). The van der Waals surface area contributed by atoms with Gasteiger partial charge in [0.2, 0.25) is 10.0 Å². The van der Waals surface area contributed by atoms with Crippen molar-refractivity contribution in [2.45, 2.75) is 13.1 Å². The molecule has 0 bridgehead atoms. The highest BCUT2D eigenvalue weighted by Crippen LogP contribution is 2.28. The van der Waals surface area contributed by atoms with E-state index in [-0.39, 0.29) is 13.1 Å². The third-order valence-electron chi connectivity index (χ3n) is 3.42. The monoisotopic (exact) mass is 330 g/mol. The molecule has 0 aliphatic carbocycles. The Balaban J connectivity index is 1.72. The number of carbonyl (C=O) groups excluding carboxylic acids is 1. The number of H-pyrrole nitrogens is 1. The van der Waals surface area contributed by atoms with Gasteiger partial charge < -0.3 is 0 Å². The number of nitrogens with one attached hydrogen (secondary N) is 2. The van der Waals surface area contributed by atoms with E-state index in [2.05, 4.69) is 27.4 Å². The van der Waals surface area contributed by atoms with E-state index in [0.29, 0.717) is 17.1 Å². The van der Waals surface area contributed by atoms with E-state index in [1.165, 1.54) is 4.31 Å². The maximum absolute atomic E-state index is 11.9. The Labute approximate surface area is 133 Å². The number of aromatic amines is 1. The number of fused-ring (bicyclic) bond motifs is 1. The largest absolute Gasteiger partial charge is 0.301 e. The van der Waals surface area contributed by atoms with Crippen LogP contribution in [-0.2, 0) is 27.9 Å². The van der Waals surface area contributed by atoms with Gasteiger partial charge in [-0.25, -0.2) is 8.42 Å². The van der Waals surface area contributed by atoms with E-state index in [1.807, 2.05) is 18.2 Å². The van der Waals surface area contributed by atoms with Gasteiger partial charge >= 0.3 is 5.91 Å². The molecule has 0 unspecified atom stereocenters. The number of carbonyl (C=O) groups is 1. The SMILES string of the molecule is CS(=O)(=O)N1Cc2[nH]nc(NC(=O)C#Cc3ccccc3)c2C1. The molecule has 1 aliphatic heterocycles. The van der Waals surface area contributed by atoms with Crippen molar-refractivity contribution in [1.29, 1.82) is 0 Å². The predicted molar refractivity (Wildman–Crippen MR) is 84.6 cm³/mol.